The van der Waals surface area contributed by atoms with Gasteiger partial charge in [0.25, 0.3) is 0 Å². The summed E-state index contributed by atoms with van der Waals surface area (Å²) in [5, 5.41) is 0. The molecule has 3 heteroatoms. The summed E-state index contributed by atoms with van der Waals surface area (Å²) in [5.41, 5.74) is 2.24. The molecule has 0 N–H and O–H groups in total. The van der Waals surface area contributed by atoms with Gasteiger partial charge in [0.2, 0.25) is 0 Å². The number of carbonyl (C=O) groups is 1. The van der Waals surface area contributed by atoms with E-state index in [1.54, 1.807) is 30.3 Å². The minimum atomic E-state index is 0.380. The Morgan fingerprint density at radius 2 is 1.75 bits per heavy atom. The molecule has 2 rings (SSSR count). The molecule has 0 spiro atoms. The van der Waals surface area contributed by atoms with E-state index in [4.69, 9.17) is 6.42 Å². The van der Waals surface area contributed by atoms with Crippen LogP contribution in [-0.4, -0.2) is 16.3 Å². The molecule has 2 heterocycles. The lowest BCUT2D eigenvalue weighted by atomic mass is 10.2. The third-order valence-corrected chi connectivity index (χ3v) is 2.05. The zero-order valence-corrected chi connectivity index (χ0v) is 8.42. The van der Waals surface area contributed by atoms with Crippen LogP contribution in [-0.2, 0) is 0 Å². The number of nitrogens with zero attached hydrogens (tertiary/aromatic N) is 2. The molecule has 0 saturated carbocycles. The maximum absolute atomic E-state index is 10.6. The molecule has 0 radical (unpaired) electrons. The monoisotopic (exact) mass is 208 g/mol. The Labute approximate surface area is 93.2 Å². The lowest BCUT2D eigenvalue weighted by molar-refractivity contribution is 0.111. The molecular formula is C13H8N2O. The molecule has 76 valence electrons. The van der Waals surface area contributed by atoms with Crippen LogP contribution in [0.15, 0.2) is 36.4 Å². The summed E-state index contributed by atoms with van der Waals surface area (Å²) in [6, 6.07) is 10.5. The lowest BCUT2D eigenvalue weighted by Crippen LogP contribution is -1.93. The van der Waals surface area contributed by atoms with Gasteiger partial charge in [0.1, 0.15) is 11.4 Å². The van der Waals surface area contributed by atoms with Crippen molar-refractivity contribution in [3.05, 3.63) is 47.8 Å². The van der Waals surface area contributed by atoms with Crippen LogP contribution >= 0.6 is 0 Å². The molecule has 0 amide bonds. The average Bonchev–Trinajstić information content (AvgIpc) is 2.39. The fourth-order valence-corrected chi connectivity index (χ4v) is 1.32. The molecule has 2 aromatic heterocycles. The van der Waals surface area contributed by atoms with Crippen molar-refractivity contribution in [1.29, 1.82) is 0 Å². The van der Waals surface area contributed by atoms with E-state index < -0.39 is 0 Å². The first-order valence-corrected chi connectivity index (χ1v) is 4.70. The molecule has 0 aliphatic rings. The highest BCUT2D eigenvalue weighted by molar-refractivity contribution is 5.73. The van der Waals surface area contributed by atoms with E-state index in [0.29, 0.717) is 29.1 Å². The number of aromatic nitrogens is 2. The fourth-order valence-electron chi connectivity index (χ4n) is 1.32. The van der Waals surface area contributed by atoms with E-state index in [0.717, 1.165) is 0 Å². The number of carbonyl (C=O) groups excluding carboxylic acids is 1. The van der Waals surface area contributed by atoms with Gasteiger partial charge in [-0.3, -0.25) is 4.79 Å². The van der Waals surface area contributed by atoms with Gasteiger partial charge in [0.15, 0.2) is 6.29 Å². The Morgan fingerprint density at radius 3 is 2.44 bits per heavy atom. The van der Waals surface area contributed by atoms with Crippen molar-refractivity contribution in [2.45, 2.75) is 0 Å². The van der Waals surface area contributed by atoms with Crippen LogP contribution in [0.1, 0.15) is 16.2 Å². The smallest absolute Gasteiger partial charge is 0.168 e. The average molecular weight is 208 g/mol. The number of rotatable bonds is 2. The predicted molar refractivity (Wildman–Crippen MR) is 60.8 cm³/mol. The van der Waals surface area contributed by atoms with E-state index in [1.807, 2.05) is 6.07 Å². The molecule has 16 heavy (non-hydrogen) atoms. The Balaban J connectivity index is 2.50. The molecule has 0 aliphatic heterocycles. The van der Waals surface area contributed by atoms with E-state index in [2.05, 4.69) is 15.9 Å². The molecule has 0 aromatic carbocycles. The minimum Gasteiger partial charge on any atom is -0.296 e. The molecule has 0 fully saturated rings. The quantitative estimate of drug-likeness (QED) is 0.559. The van der Waals surface area contributed by atoms with Crippen LogP contribution in [0.3, 0.4) is 0 Å². The number of hydrogen-bond donors (Lipinski definition) is 0. The summed E-state index contributed by atoms with van der Waals surface area (Å²) < 4.78 is 0. The van der Waals surface area contributed by atoms with Gasteiger partial charge in [-0.25, -0.2) is 9.97 Å². The Morgan fingerprint density at radius 1 is 1.06 bits per heavy atom. The summed E-state index contributed by atoms with van der Waals surface area (Å²) in [7, 11) is 0. The van der Waals surface area contributed by atoms with Crippen molar-refractivity contribution in [2.24, 2.45) is 0 Å². The fraction of sp³-hybridized carbons (Fsp3) is 0. The summed E-state index contributed by atoms with van der Waals surface area (Å²) in [6.45, 7) is 0. The van der Waals surface area contributed by atoms with Crippen molar-refractivity contribution in [1.82, 2.24) is 9.97 Å². The van der Waals surface area contributed by atoms with Crippen LogP contribution in [0, 0.1) is 12.3 Å². The molecule has 0 saturated heterocycles. The summed E-state index contributed by atoms with van der Waals surface area (Å²) in [6.07, 6.45) is 5.97. The van der Waals surface area contributed by atoms with Gasteiger partial charge in [-0.1, -0.05) is 18.1 Å². The van der Waals surface area contributed by atoms with Crippen LogP contribution in [0.25, 0.3) is 11.4 Å². The first-order valence-electron chi connectivity index (χ1n) is 4.70. The third-order valence-electron chi connectivity index (χ3n) is 2.05. The molecule has 2 aromatic rings. The van der Waals surface area contributed by atoms with Crippen LogP contribution in [0.4, 0.5) is 0 Å². The lowest BCUT2D eigenvalue weighted by Gasteiger charge is -2.00. The Hall–Kier alpha value is -2.47. The predicted octanol–water partition coefficient (Wildman–Crippen LogP) is 1.94. The normalized spacial score (nSPS) is 9.44. The van der Waals surface area contributed by atoms with Gasteiger partial charge in [-0.2, -0.15) is 0 Å². The van der Waals surface area contributed by atoms with E-state index >= 15 is 0 Å². The van der Waals surface area contributed by atoms with Crippen molar-refractivity contribution >= 4 is 6.29 Å². The third kappa shape index (κ3) is 1.96. The SMILES string of the molecule is C#Cc1cccc(-c2cccc(C=O)n2)n1. The van der Waals surface area contributed by atoms with Gasteiger partial charge in [-0.05, 0) is 24.3 Å². The van der Waals surface area contributed by atoms with Gasteiger partial charge in [-0.15, -0.1) is 6.42 Å². The standard InChI is InChI=1S/C13H8N2O/c1-2-10-5-3-7-12(14-10)13-8-4-6-11(9-16)15-13/h1,3-9H. The number of pyridine rings is 2. The first-order chi connectivity index (χ1) is 7.83. The second-order valence-electron chi connectivity index (χ2n) is 3.12. The second kappa shape index (κ2) is 4.37. The maximum Gasteiger partial charge on any atom is 0.168 e. The van der Waals surface area contributed by atoms with Gasteiger partial charge >= 0.3 is 0 Å². The van der Waals surface area contributed by atoms with E-state index in [1.165, 1.54) is 0 Å². The second-order valence-corrected chi connectivity index (χ2v) is 3.12. The zero-order chi connectivity index (χ0) is 11.4. The largest absolute Gasteiger partial charge is 0.296 e. The molecule has 0 aliphatic carbocycles. The highest BCUT2D eigenvalue weighted by atomic mass is 16.1. The van der Waals surface area contributed by atoms with E-state index in [-0.39, 0.29) is 0 Å². The van der Waals surface area contributed by atoms with Crippen LogP contribution < -0.4 is 0 Å². The van der Waals surface area contributed by atoms with Crippen LogP contribution in [0.5, 0.6) is 0 Å². The summed E-state index contributed by atoms with van der Waals surface area (Å²) in [4.78, 5) is 19.0. The van der Waals surface area contributed by atoms with Crippen molar-refractivity contribution in [2.75, 3.05) is 0 Å². The van der Waals surface area contributed by atoms with Crippen molar-refractivity contribution < 1.29 is 4.79 Å². The van der Waals surface area contributed by atoms with Gasteiger partial charge < -0.3 is 0 Å². The van der Waals surface area contributed by atoms with Crippen molar-refractivity contribution in [3.8, 4) is 23.7 Å². The Bertz CT molecular complexity index is 570. The summed E-state index contributed by atoms with van der Waals surface area (Å²) >= 11 is 0. The molecule has 0 unspecified atom stereocenters. The van der Waals surface area contributed by atoms with Gasteiger partial charge in [0, 0.05) is 0 Å². The van der Waals surface area contributed by atoms with Crippen LogP contribution in [0.2, 0.25) is 0 Å². The number of terminal acetylenes is 1. The van der Waals surface area contributed by atoms with Gasteiger partial charge in [0.05, 0.1) is 11.4 Å². The number of hydrogen-bond acceptors (Lipinski definition) is 3. The molecule has 0 atom stereocenters. The number of aldehydes is 1. The van der Waals surface area contributed by atoms with E-state index in [9.17, 15) is 4.79 Å². The van der Waals surface area contributed by atoms with Crippen molar-refractivity contribution in [3.63, 3.8) is 0 Å². The maximum atomic E-state index is 10.6. The first kappa shape index (κ1) is 10.1. The topological polar surface area (TPSA) is 42.9 Å². The minimum absolute atomic E-state index is 0.380. The molecule has 3 nitrogen and oxygen atoms in total. The Kier molecular flexibility index (Phi) is 2.75. The highest BCUT2D eigenvalue weighted by Gasteiger charge is 2.02. The highest BCUT2D eigenvalue weighted by Crippen LogP contribution is 2.14. The zero-order valence-electron chi connectivity index (χ0n) is 8.42. The molecule has 0 bridgehead atoms. The summed E-state index contributed by atoms with van der Waals surface area (Å²) in [5.74, 6) is 2.46. The molecular weight excluding hydrogens is 200 g/mol.